The number of rotatable bonds is 7. The van der Waals surface area contributed by atoms with Gasteiger partial charge in [0.2, 0.25) is 5.91 Å². The number of ether oxygens (including phenoxy) is 1. The summed E-state index contributed by atoms with van der Waals surface area (Å²) in [6, 6.07) is -1.37. The predicted octanol–water partition coefficient (Wildman–Crippen LogP) is -0.251. The predicted molar refractivity (Wildman–Crippen MR) is 65.6 cm³/mol. The smallest absolute Gasteiger partial charge is 0.328 e. The van der Waals surface area contributed by atoms with Crippen molar-refractivity contribution in [3.05, 3.63) is 0 Å². The molecule has 1 atom stereocenters. The van der Waals surface area contributed by atoms with Crippen LogP contribution >= 0.6 is 0 Å². The molecule has 0 rings (SSSR count). The van der Waals surface area contributed by atoms with E-state index in [2.05, 4.69) is 10.6 Å². The van der Waals surface area contributed by atoms with Crippen molar-refractivity contribution in [2.75, 3.05) is 13.7 Å². The number of hydrogen-bond donors (Lipinski definition) is 3. The average Bonchev–Trinajstić information content (AvgIpc) is 2.30. The van der Waals surface area contributed by atoms with E-state index >= 15 is 0 Å². The summed E-state index contributed by atoms with van der Waals surface area (Å²) in [5, 5.41) is 4.74. The standard InChI is InChI=1S/C11H21N3O4/c1-7(2)6-18-10(16)8(4-5-9(12)15)14-11(17)13-3/h7-8H,4-6H2,1-3H3,(H2,12,15)(H2,13,14,17)/t8-/m0/s1. The molecule has 104 valence electrons. The SMILES string of the molecule is CNC(=O)N[C@@H](CCC(N)=O)C(=O)OCC(C)C. The van der Waals surface area contributed by atoms with Crippen molar-refractivity contribution in [1.29, 1.82) is 0 Å². The van der Waals surface area contributed by atoms with Crippen LogP contribution in [0, 0.1) is 5.92 Å². The maximum atomic E-state index is 11.7. The minimum Gasteiger partial charge on any atom is -0.464 e. The number of urea groups is 1. The molecular formula is C11H21N3O4. The summed E-state index contributed by atoms with van der Waals surface area (Å²) < 4.78 is 5.01. The second-order valence-electron chi connectivity index (χ2n) is 4.30. The van der Waals surface area contributed by atoms with Gasteiger partial charge in [-0.05, 0) is 12.3 Å². The zero-order valence-corrected chi connectivity index (χ0v) is 11.0. The highest BCUT2D eigenvalue weighted by molar-refractivity contribution is 5.84. The molecule has 0 unspecified atom stereocenters. The van der Waals surface area contributed by atoms with Crippen LogP contribution in [0.4, 0.5) is 4.79 Å². The van der Waals surface area contributed by atoms with Gasteiger partial charge < -0.3 is 21.1 Å². The van der Waals surface area contributed by atoms with Crippen LogP contribution in [-0.2, 0) is 14.3 Å². The molecule has 0 spiro atoms. The van der Waals surface area contributed by atoms with Crippen molar-refractivity contribution in [2.24, 2.45) is 11.7 Å². The topological polar surface area (TPSA) is 111 Å². The maximum absolute atomic E-state index is 11.7. The van der Waals surface area contributed by atoms with E-state index in [9.17, 15) is 14.4 Å². The molecule has 0 aliphatic heterocycles. The lowest BCUT2D eigenvalue weighted by molar-refractivity contribution is -0.147. The van der Waals surface area contributed by atoms with E-state index in [1.165, 1.54) is 7.05 Å². The van der Waals surface area contributed by atoms with E-state index in [1.807, 2.05) is 13.8 Å². The van der Waals surface area contributed by atoms with E-state index in [0.29, 0.717) is 0 Å². The van der Waals surface area contributed by atoms with Gasteiger partial charge in [-0.3, -0.25) is 4.79 Å². The van der Waals surface area contributed by atoms with Gasteiger partial charge >= 0.3 is 12.0 Å². The third-order valence-corrected chi connectivity index (χ3v) is 2.06. The van der Waals surface area contributed by atoms with E-state index in [1.54, 1.807) is 0 Å². The second kappa shape index (κ2) is 8.32. The number of nitrogens with one attached hydrogen (secondary N) is 2. The number of carbonyl (C=O) groups is 3. The Labute approximate surface area is 106 Å². The van der Waals surface area contributed by atoms with E-state index in [-0.39, 0.29) is 25.4 Å². The number of primary amides is 1. The van der Waals surface area contributed by atoms with Gasteiger partial charge in [0.15, 0.2) is 0 Å². The monoisotopic (exact) mass is 259 g/mol. The van der Waals surface area contributed by atoms with Crippen molar-refractivity contribution in [2.45, 2.75) is 32.7 Å². The van der Waals surface area contributed by atoms with Crippen LogP contribution in [0.5, 0.6) is 0 Å². The summed E-state index contributed by atoms with van der Waals surface area (Å²) in [5.41, 5.74) is 5.01. The van der Waals surface area contributed by atoms with E-state index in [4.69, 9.17) is 10.5 Å². The molecule has 0 bridgehead atoms. The van der Waals surface area contributed by atoms with Gasteiger partial charge in [-0.15, -0.1) is 0 Å². The molecule has 0 fully saturated rings. The number of amides is 3. The quantitative estimate of drug-likeness (QED) is 0.547. The number of hydrogen-bond acceptors (Lipinski definition) is 4. The molecule has 7 heteroatoms. The Bertz CT molecular complexity index is 305. The summed E-state index contributed by atoms with van der Waals surface area (Å²) in [4.78, 5) is 33.5. The Morgan fingerprint density at radius 3 is 2.33 bits per heavy atom. The largest absolute Gasteiger partial charge is 0.464 e. The Hall–Kier alpha value is -1.79. The zero-order chi connectivity index (χ0) is 14.1. The summed E-state index contributed by atoms with van der Waals surface area (Å²) in [6.45, 7) is 4.07. The van der Waals surface area contributed by atoms with Crippen LogP contribution in [-0.4, -0.2) is 37.6 Å². The number of esters is 1. The van der Waals surface area contributed by atoms with Crippen LogP contribution in [0.15, 0.2) is 0 Å². The molecule has 0 aromatic carbocycles. The fourth-order valence-corrected chi connectivity index (χ4v) is 1.12. The molecule has 0 heterocycles. The molecule has 0 aromatic heterocycles. The van der Waals surface area contributed by atoms with Gasteiger partial charge in [-0.1, -0.05) is 13.8 Å². The number of nitrogens with two attached hydrogens (primary N) is 1. The van der Waals surface area contributed by atoms with Crippen molar-refractivity contribution in [3.8, 4) is 0 Å². The first-order valence-corrected chi connectivity index (χ1v) is 5.80. The molecule has 0 aromatic rings. The molecule has 4 N–H and O–H groups in total. The Morgan fingerprint density at radius 1 is 1.28 bits per heavy atom. The Kier molecular flexibility index (Phi) is 7.50. The molecule has 3 amide bonds. The zero-order valence-electron chi connectivity index (χ0n) is 11.0. The number of carbonyl (C=O) groups excluding carboxylic acids is 3. The average molecular weight is 259 g/mol. The van der Waals surface area contributed by atoms with E-state index in [0.717, 1.165) is 0 Å². The van der Waals surface area contributed by atoms with Gasteiger partial charge in [0.25, 0.3) is 0 Å². The molecule has 0 saturated heterocycles. The van der Waals surface area contributed by atoms with Crippen LogP contribution < -0.4 is 16.4 Å². The van der Waals surface area contributed by atoms with Gasteiger partial charge in [0.1, 0.15) is 6.04 Å². The summed E-state index contributed by atoms with van der Waals surface area (Å²) >= 11 is 0. The fourth-order valence-electron chi connectivity index (χ4n) is 1.12. The van der Waals surface area contributed by atoms with Gasteiger partial charge in [-0.2, -0.15) is 0 Å². The highest BCUT2D eigenvalue weighted by atomic mass is 16.5. The summed E-state index contributed by atoms with van der Waals surface area (Å²) in [5.74, 6) is -0.894. The van der Waals surface area contributed by atoms with Crippen LogP contribution in [0.25, 0.3) is 0 Å². The highest BCUT2D eigenvalue weighted by Crippen LogP contribution is 2.02. The van der Waals surface area contributed by atoms with Crippen LogP contribution in [0.3, 0.4) is 0 Å². The highest BCUT2D eigenvalue weighted by Gasteiger charge is 2.22. The van der Waals surface area contributed by atoms with Crippen molar-refractivity contribution < 1.29 is 19.1 Å². The van der Waals surface area contributed by atoms with E-state index < -0.39 is 23.9 Å². The minimum atomic E-state index is -0.865. The van der Waals surface area contributed by atoms with Crippen LogP contribution in [0.2, 0.25) is 0 Å². The summed E-state index contributed by atoms with van der Waals surface area (Å²) in [7, 11) is 1.43. The molecule has 0 aliphatic carbocycles. The molecule has 7 nitrogen and oxygen atoms in total. The fraction of sp³-hybridized carbons (Fsp3) is 0.727. The lowest BCUT2D eigenvalue weighted by Crippen LogP contribution is -2.46. The molecule has 18 heavy (non-hydrogen) atoms. The second-order valence-corrected chi connectivity index (χ2v) is 4.30. The van der Waals surface area contributed by atoms with Gasteiger partial charge in [-0.25, -0.2) is 9.59 Å². The maximum Gasteiger partial charge on any atom is 0.328 e. The Morgan fingerprint density at radius 2 is 1.89 bits per heavy atom. The summed E-state index contributed by atoms with van der Waals surface area (Å²) in [6.07, 6.45) is 0.130. The van der Waals surface area contributed by atoms with Gasteiger partial charge in [0.05, 0.1) is 6.61 Å². The molecule has 0 radical (unpaired) electrons. The first kappa shape index (κ1) is 16.2. The van der Waals surface area contributed by atoms with Crippen molar-refractivity contribution in [1.82, 2.24) is 10.6 Å². The van der Waals surface area contributed by atoms with Crippen LogP contribution in [0.1, 0.15) is 26.7 Å². The van der Waals surface area contributed by atoms with Crippen molar-refractivity contribution in [3.63, 3.8) is 0 Å². The van der Waals surface area contributed by atoms with Crippen molar-refractivity contribution >= 4 is 17.9 Å². The third kappa shape index (κ3) is 7.48. The normalized spacial score (nSPS) is 11.8. The Balaban J connectivity index is 4.38. The molecule has 0 saturated carbocycles. The lowest BCUT2D eigenvalue weighted by Gasteiger charge is -2.17. The minimum absolute atomic E-state index is 0.00540. The first-order chi connectivity index (χ1) is 8.36. The lowest BCUT2D eigenvalue weighted by atomic mass is 10.1. The first-order valence-electron chi connectivity index (χ1n) is 5.80. The third-order valence-electron chi connectivity index (χ3n) is 2.06. The molecular weight excluding hydrogens is 238 g/mol. The molecule has 0 aliphatic rings. The van der Waals surface area contributed by atoms with Gasteiger partial charge in [0, 0.05) is 13.5 Å².